The highest BCUT2D eigenvalue weighted by molar-refractivity contribution is 5.71. The molecule has 0 aromatic heterocycles. The number of carbonyl (C=O) groups is 3. The summed E-state index contributed by atoms with van der Waals surface area (Å²) < 4.78 is 17.0. The Balaban J connectivity index is 4.07. The van der Waals surface area contributed by atoms with Crippen molar-refractivity contribution in [2.75, 3.05) is 13.2 Å². The van der Waals surface area contributed by atoms with Crippen molar-refractivity contribution in [3.63, 3.8) is 0 Å². The summed E-state index contributed by atoms with van der Waals surface area (Å²) in [6.07, 6.45) is 83.0. The first-order valence-corrected chi connectivity index (χ1v) is 37.0. The smallest absolute Gasteiger partial charge is 0.306 e. The summed E-state index contributed by atoms with van der Waals surface area (Å²) in [5.41, 5.74) is 0. The van der Waals surface area contributed by atoms with Gasteiger partial charge in [-0.1, -0.05) is 400 Å². The van der Waals surface area contributed by atoms with Crippen molar-refractivity contribution < 1.29 is 28.6 Å². The minimum absolute atomic E-state index is 0.0602. The molecular formula is C74H144O6. The normalized spacial score (nSPS) is 11.9. The lowest BCUT2D eigenvalue weighted by Gasteiger charge is -2.18. The fourth-order valence-corrected chi connectivity index (χ4v) is 11.8. The molecule has 6 heteroatoms. The number of hydrogen-bond acceptors (Lipinski definition) is 6. The molecule has 0 spiro atoms. The van der Waals surface area contributed by atoms with Crippen molar-refractivity contribution in [3.8, 4) is 0 Å². The van der Waals surface area contributed by atoms with Gasteiger partial charge in [-0.15, -0.1) is 0 Å². The minimum atomic E-state index is -0.763. The highest BCUT2D eigenvalue weighted by atomic mass is 16.6. The van der Waals surface area contributed by atoms with Crippen molar-refractivity contribution in [1.29, 1.82) is 0 Å². The van der Waals surface area contributed by atoms with Gasteiger partial charge in [-0.2, -0.15) is 0 Å². The fraction of sp³-hybridized carbons (Fsp3) is 0.959. The molecule has 0 bridgehead atoms. The molecule has 80 heavy (non-hydrogen) atoms. The van der Waals surface area contributed by atoms with E-state index in [-0.39, 0.29) is 31.1 Å². The summed E-state index contributed by atoms with van der Waals surface area (Å²) in [5.74, 6) is -0.820. The topological polar surface area (TPSA) is 78.9 Å². The standard InChI is InChI=1S/C74H144O6/c1-4-7-10-13-16-19-22-25-28-30-31-32-33-34-35-36-37-38-39-40-41-42-43-44-45-47-49-52-55-58-61-64-67-73(76)79-70-71(69-78-72(75)66-63-60-57-54-51-48-27-24-21-18-15-12-9-6-3)80-74(77)68-65-62-59-56-53-50-46-29-26-23-20-17-14-11-8-5-2/h71H,4-70H2,1-3H3. The van der Waals surface area contributed by atoms with Gasteiger partial charge in [0.25, 0.3) is 0 Å². The Bertz CT molecular complexity index is 1200. The van der Waals surface area contributed by atoms with Gasteiger partial charge in [-0.25, -0.2) is 0 Å². The molecule has 0 amide bonds. The number of esters is 3. The van der Waals surface area contributed by atoms with Gasteiger partial charge in [0.15, 0.2) is 6.10 Å². The largest absolute Gasteiger partial charge is 0.462 e. The second kappa shape index (κ2) is 69.9. The van der Waals surface area contributed by atoms with Gasteiger partial charge in [0.05, 0.1) is 0 Å². The Morgan fingerprint density at radius 1 is 0.200 bits per heavy atom. The van der Waals surface area contributed by atoms with E-state index in [4.69, 9.17) is 14.2 Å². The van der Waals surface area contributed by atoms with E-state index < -0.39 is 6.10 Å². The molecule has 0 aromatic carbocycles. The van der Waals surface area contributed by atoms with Crippen LogP contribution < -0.4 is 0 Å². The first-order valence-electron chi connectivity index (χ1n) is 37.0. The summed E-state index contributed by atoms with van der Waals surface area (Å²) >= 11 is 0. The zero-order chi connectivity index (χ0) is 57.8. The van der Waals surface area contributed by atoms with E-state index in [1.165, 1.54) is 340 Å². The molecule has 0 saturated heterocycles. The SMILES string of the molecule is CCCCCCCCCCCCCCCCCCCCCCCCCCCCCCCCCCC(=O)OCC(COC(=O)CCCCCCCCCCCCCCCC)OC(=O)CCCCCCCCCCCCCCCCCC. The summed E-state index contributed by atoms with van der Waals surface area (Å²) in [7, 11) is 0. The molecule has 0 radical (unpaired) electrons. The van der Waals surface area contributed by atoms with Crippen LogP contribution in [0.5, 0.6) is 0 Å². The van der Waals surface area contributed by atoms with E-state index >= 15 is 0 Å². The molecule has 0 rings (SSSR count). The molecule has 476 valence electrons. The fourth-order valence-electron chi connectivity index (χ4n) is 11.8. The monoisotopic (exact) mass is 1130 g/mol. The molecule has 1 atom stereocenters. The van der Waals surface area contributed by atoms with Crippen LogP contribution in [0.25, 0.3) is 0 Å². The van der Waals surface area contributed by atoms with Crippen LogP contribution in [0.3, 0.4) is 0 Å². The van der Waals surface area contributed by atoms with Crippen LogP contribution in [-0.2, 0) is 28.6 Å². The number of unbranched alkanes of at least 4 members (excludes halogenated alkanes) is 59. The van der Waals surface area contributed by atoms with E-state index in [1.54, 1.807) is 0 Å². The average Bonchev–Trinajstić information content (AvgIpc) is 3.46. The molecule has 0 aliphatic rings. The second-order valence-electron chi connectivity index (χ2n) is 25.6. The molecule has 0 saturated carbocycles. The van der Waals surface area contributed by atoms with Gasteiger partial charge >= 0.3 is 17.9 Å². The molecule has 0 heterocycles. The van der Waals surface area contributed by atoms with Crippen molar-refractivity contribution in [2.45, 2.75) is 444 Å². The molecule has 0 aromatic rings. The summed E-state index contributed by atoms with van der Waals surface area (Å²) in [6, 6.07) is 0. The average molecular weight is 1130 g/mol. The number of ether oxygens (including phenoxy) is 3. The molecule has 1 unspecified atom stereocenters. The van der Waals surface area contributed by atoms with E-state index in [1.807, 2.05) is 0 Å². The quantitative estimate of drug-likeness (QED) is 0.0343. The molecule has 0 fully saturated rings. The first-order chi connectivity index (χ1) is 39.5. The Hall–Kier alpha value is -1.59. The molecule has 0 N–H and O–H groups in total. The summed E-state index contributed by atoms with van der Waals surface area (Å²) in [4.78, 5) is 38.4. The zero-order valence-electron chi connectivity index (χ0n) is 54.9. The predicted molar refractivity (Wildman–Crippen MR) is 349 cm³/mol. The maximum absolute atomic E-state index is 12.9. The van der Waals surface area contributed by atoms with Crippen LogP contribution in [0.1, 0.15) is 438 Å². The molecule has 0 aliphatic heterocycles. The lowest BCUT2D eigenvalue weighted by molar-refractivity contribution is -0.167. The van der Waals surface area contributed by atoms with Crippen molar-refractivity contribution in [2.24, 2.45) is 0 Å². The molecular weight excluding hydrogens is 985 g/mol. The Labute approximate surface area is 501 Å². The lowest BCUT2D eigenvalue weighted by atomic mass is 10.0. The van der Waals surface area contributed by atoms with Crippen molar-refractivity contribution >= 4 is 17.9 Å². The van der Waals surface area contributed by atoms with Crippen LogP contribution in [-0.4, -0.2) is 37.2 Å². The van der Waals surface area contributed by atoms with E-state index in [0.29, 0.717) is 19.3 Å². The first kappa shape index (κ1) is 78.4. The van der Waals surface area contributed by atoms with Crippen molar-refractivity contribution in [1.82, 2.24) is 0 Å². The molecule has 6 nitrogen and oxygen atoms in total. The minimum Gasteiger partial charge on any atom is -0.462 e. The third-order valence-corrected chi connectivity index (χ3v) is 17.4. The van der Waals surface area contributed by atoms with Crippen LogP contribution in [0, 0.1) is 0 Å². The maximum atomic E-state index is 12.9. The van der Waals surface area contributed by atoms with Crippen molar-refractivity contribution in [3.05, 3.63) is 0 Å². The highest BCUT2D eigenvalue weighted by Crippen LogP contribution is 2.20. The van der Waals surface area contributed by atoms with Gasteiger partial charge in [0, 0.05) is 19.3 Å². The number of hydrogen-bond donors (Lipinski definition) is 0. The highest BCUT2D eigenvalue weighted by Gasteiger charge is 2.20. The third-order valence-electron chi connectivity index (χ3n) is 17.4. The van der Waals surface area contributed by atoms with Gasteiger partial charge < -0.3 is 14.2 Å². The van der Waals surface area contributed by atoms with Crippen LogP contribution in [0.4, 0.5) is 0 Å². The van der Waals surface area contributed by atoms with Crippen LogP contribution in [0.15, 0.2) is 0 Å². The van der Waals surface area contributed by atoms with Gasteiger partial charge in [0.2, 0.25) is 0 Å². The Morgan fingerprint density at radius 3 is 0.500 bits per heavy atom. The Morgan fingerprint density at radius 2 is 0.338 bits per heavy atom. The van der Waals surface area contributed by atoms with Crippen LogP contribution in [0.2, 0.25) is 0 Å². The van der Waals surface area contributed by atoms with Gasteiger partial charge in [0.1, 0.15) is 13.2 Å². The van der Waals surface area contributed by atoms with E-state index in [0.717, 1.165) is 57.8 Å². The lowest BCUT2D eigenvalue weighted by Crippen LogP contribution is -2.30. The second-order valence-corrected chi connectivity index (χ2v) is 25.6. The van der Waals surface area contributed by atoms with Gasteiger partial charge in [-0.3, -0.25) is 14.4 Å². The Kier molecular flexibility index (Phi) is 68.5. The van der Waals surface area contributed by atoms with Crippen LogP contribution >= 0.6 is 0 Å². The summed E-state index contributed by atoms with van der Waals surface area (Å²) in [6.45, 7) is 6.74. The predicted octanol–water partition coefficient (Wildman–Crippen LogP) is 25.4. The number of carbonyl (C=O) groups excluding carboxylic acids is 3. The maximum Gasteiger partial charge on any atom is 0.306 e. The van der Waals surface area contributed by atoms with E-state index in [2.05, 4.69) is 20.8 Å². The number of rotatable bonds is 70. The van der Waals surface area contributed by atoms with E-state index in [9.17, 15) is 14.4 Å². The molecule has 0 aliphatic carbocycles. The summed E-state index contributed by atoms with van der Waals surface area (Å²) in [5, 5.41) is 0. The van der Waals surface area contributed by atoms with Gasteiger partial charge in [-0.05, 0) is 19.3 Å². The third kappa shape index (κ3) is 67.2. The zero-order valence-corrected chi connectivity index (χ0v) is 54.9.